The van der Waals surface area contributed by atoms with E-state index >= 15 is 0 Å². The van der Waals surface area contributed by atoms with Crippen LogP contribution in [0.15, 0.2) is 59.7 Å². The first-order valence-corrected chi connectivity index (χ1v) is 8.54. The van der Waals surface area contributed by atoms with Crippen molar-refractivity contribution in [3.63, 3.8) is 0 Å². The number of aromatic nitrogens is 2. The summed E-state index contributed by atoms with van der Waals surface area (Å²) >= 11 is 0. The number of ether oxygens (including phenoxy) is 1. The SMILES string of the molecule is COCCN(Cc1ccccc1)C(=O)Cn1cnc2cc(F)ccc2c1=O. The minimum atomic E-state index is -0.461. The Labute approximate surface area is 155 Å². The first-order valence-electron chi connectivity index (χ1n) is 8.54. The van der Waals surface area contributed by atoms with Crippen molar-refractivity contribution in [2.75, 3.05) is 20.3 Å². The van der Waals surface area contributed by atoms with Gasteiger partial charge in [0.2, 0.25) is 5.91 Å². The molecule has 140 valence electrons. The Balaban J connectivity index is 1.82. The molecule has 0 N–H and O–H groups in total. The molecule has 0 bridgehead atoms. The molecule has 7 heteroatoms. The molecule has 0 radical (unpaired) electrons. The van der Waals surface area contributed by atoms with E-state index in [4.69, 9.17) is 4.74 Å². The summed E-state index contributed by atoms with van der Waals surface area (Å²) in [7, 11) is 1.57. The van der Waals surface area contributed by atoms with Gasteiger partial charge in [-0.1, -0.05) is 30.3 Å². The van der Waals surface area contributed by atoms with E-state index in [0.29, 0.717) is 19.7 Å². The third kappa shape index (κ3) is 4.57. The average molecular weight is 369 g/mol. The fourth-order valence-electron chi connectivity index (χ4n) is 2.79. The Morgan fingerprint density at radius 1 is 1.22 bits per heavy atom. The summed E-state index contributed by atoms with van der Waals surface area (Å²) < 4.78 is 19.6. The van der Waals surface area contributed by atoms with E-state index in [9.17, 15) is 14.0 Å². The number of methoxy groups -OCH3 is 1. The zero-order valence-electron chi connectivity index (χ0n) is 15.0. The number of hydrogen-bond acceptors (Lipinski definition) is 4. The van der Waals surface area contributed by atoms with E-state index in [-0.39, 0.29) is 28.9 Å². The molecule has 3 aromatic rings. The highest BCUT2D eigenvalue weighted by atomic mass is 19.1. The lowest BCUT2D eigenvalue weighted by atomic mass is 10.2. The van der Waals surface area contributed by atoms with E-state index in [0.717, 1.165) is 5.56 Å². The number of nitrogens with zero attached hydrogens (tertiary/aromatic N) is 3. The predicted molar refractivity (Wildman–Crippen MR) is 99.7 cm³/mol. The summed E-state index contributed by atoms with van der Waals surface area (Å²) in [5.74, 6) is -0.682. The van der Waals surface area contributed by atoms with Crippen LogP contribution in [0.25, 0.3) is 10.9 Å². The van der Waals surface area contributed by atoms with Gasteiger partial charge in [-0.3, -0.25) is 14.2 Å². The summed E-state index contributed by atoms with van der Waals surface area (Å²) in [4.78, 5) is 31.1. The van der Waals surface area contributed by atoms with Gasteiger partial charge in [0.1, 0.15) is 12.4 Å². The molecule has 0 aliphatic heterocycles. The van der Waals surface area contributed by atoms with Gasteiger partial charge in [-0.25, -0.2) is 9.37 Å². The predicted octanol–water partition coefficient (Wildman–Crippen LogP) is 2.21. The molecule has 0 aliphatic carbocycles. The molecule has 3 rings (SSSR count). The highest BCUT2D eigenvalue weighted by Crippen LogP contribution is 2.09. The first-order chi connectivity index (χ1) is 13.1. The lowest BCUT2D eigenvalue weighted by molar-refractivity contribution is -0.133. The molecule has 0 fully saturated rings. The van der Waals surface area contributed by atoms with E-state index in [1.165, 1.54) is 29.1 Å². The van der Waals surface area contributed by atoms with Crippen molar-refractivity contribution >= 4 is 16.8 Å². The van der Waals surface area contributed by atoms with Crippen LogP contribution in [0.1, 0.15) is 5.56 Å². The molecule has 0 aliphatic rings. The van der Waals surface area contributed by atoms with Crippen LogP contribution in [-0.2, 0) is 22.6 Å². The molecule has 6 nitrogen and oxygen atoms in total. The van der Waals surface area contributed by atoms with Crippen molar-refractivity contribution < 1.29 is 13.9 Å². The number of benzene rings is 2. The summed E-state index contributed by atoms with van der Waals surface area (Å²) in [6.45, 7) is 1.08. The van der Waals surface area contributed by atoms with Gasteiger partial charge in [0.15, 0.2) is 0 Å². The van der Waals surface area contributed by atoms with Crippen LogP contribution in [0.2, 0.25) is 0 Å². The van der Waals surface area contributed by atoms with Crippen molar-refractivity contribution in [3.05, 3.63) is 76.6 Å². The normalized spacial score (nSPS) is 10.9. The van der Waals surface area contributed by atoms with Crippen molar-refractivity contribution in [1.82, 2.24) is 14.5 Å². The van der Waals surface area contributed by atoms with E-state index < -0.39 is 5.82 Å². The quantitative estimate of drug-likeness (QED) is 0.641. The summed E-state index contributed by atoms with van der Waals surface area (Å²) in [5.41, 5.74) is 0.880. The van der Waals surface area contributed by atoms with Crippen LogP contribution >= 0.6 is 0 Å². The molecule has 0 saturated carbocycles. The topological polar surface area (TPSA) is 64.4 Å². The Hall–Kier alpha value is -3.06. The van der Waals surface area contributed by atoms with Crippen molar-refractivity contribution in [1.29, 1.82) is 0 Å². The van der Waals surface area contributed by atoms with E-state index in [1.807, 2.05) is 30.3 Å². The zero-order valence-corrected chi connectivity index (χ0v) is 15.0. The number of amides is 1. The van der Waals surface area contributed by atoms with Gasteiger partial charge in [-0.2, -0.15) is 0 Å². The van der Waals surface area contributed by atoms with Crippen LogP contribution in [0.4, 0.5) is 4.39 Å². The van der Waals surface area contributed by atoms with Crippen LogP contribution in [0.5, 0.6) is 0 Å². The van der Waals surface area contributed by atoms with Gasteiger partial charge in [0.05, 0.1) is 23.8 Å². The maximum atomic E-state index is 13.3. The smallest absolute Gasteiger partial charge is 0.261 e. The largest absolute Gasteiger partial charge is 0.383 e. The Kier molecular flexibility index (Phi) is 5.93. The maximum Gasteiger partial charge on any atom is 0.261 e. The summed E-state index contributed by atoms with van der Waals surface area (Å²) in [5, 5.41) is 0.276. The Bertz CT molecular complexity index is 989. The molecule has 27 heavy (non-hydrogen) atoms. The highest BCUT2D eigenvalue weighted by Gasteiger charge is 2.16. The molecule has 1 heterocycles. The molecule has 0 atom stereocenters. The third-order valence-corrected chi connectivity index (χ3v) is 4.23. The second kappa shape index (κ2) is 8.55. The Morgan fingerprint density at radius 2 is 2.00 bits per heavy atom. The van der Waals surface area contributed by atoms with E-state index in [2.05, 4.69) is 4.98 Å². The van der Waals surface area contributed by atoms with Crippen LogP contribution in [0.3, 0.4) is 0 Å². The fourth-order valence-corrected chi connectivity index (χ4v) is 2.79. The van der Waals surface area contributed by atoms with E-state index in [1.54, 1.807) is 12.0 Å². The molecular formula is C20H20FN3O3. The van der Waals surface area contributed by atoms with Gasteiger partial charge < -0.3 is 9.64 Å². The van der Waals surface area contributed by atoms with Crippen LogP contribution < -0.4 is 5.56 Å². The molecular weight excluding hydrogens is 349 g/mol. The highest BCUT2D eigenvalue weighted by molar-refractivity contribution is 5.79. The van der Waals surface area contributed by atoms with Crippen LogP contribution in [-0.4, -0.2) is 40.6 Å². The van der Waals surface area contributed by atoms with Gasteiger partial charge in [-0.15, -0.1) is 0 Å². The summed E-state index contributed by atoms with van der Waals surface area (Å²) in [6.07, 6.45) is 1.28. The van der Waals surface area contributed by atoms with Crippen LogP contribution in [0, 0.1) is 5.82 Å². The first kappa shape index (κ1) is 18.7. The molecule has 2 aromatic carbocycles. The second-order valence-corrected chi connectivity index (χ2v) is 6.13. The standard InChI is InChI=1S/C20H20FN3O3/c1-27-10-9-23(12-15-5-3-2-4-6-15)19(25)13-24-14-22-18-11-16(21)7-8-17(18)20(24)26/h2-8,11,14H,9-10,12-13H2,1H3. The Morgan fingerprint density at radius 3 is 2.74 bits per heavy atom. The molecule has 1 aromatic heterocycles. The second-order valence-electron chi connectivity index (χ2n) is 6.13. The third-order valence-electron chi connectivity index (χ3n) is 4.23. The molecule has 0 spiro atoms. The van der Waals surface area contributed by atoms with Crippen molar-refractivity contribution in [3.8, 4) is 0 Å². The molecule has 0 unspecified atom stereocenters. The maximum absolute atomic E-state index is 13.3. The molecule has 0 saturated heterocycles. The fraction of sp³-hybridized carbons (Fsp3) is 0.250. The van der Waals surface area contributed by atoms with Gasteiger partial charge >= 0.3 is 0 Å². The molecule has 1 amide bonds. The summed E-state index contributed by atoms with van der Waals surface area (Å²) in [6, 6.07) is 13.4. The van der Waals surface area contributed by atoms with Gasteiger partial charge in [0.25, 0.3) is 5.56 Å². The average Bonchev–Trinajstić information content (AvgIpc) is 2.68. The number of carbonyl (C=O) groups excluding carboxylic acids is 1. The lowest BCUT2D eigenvalue weighted by Gasteiger charge is -2.23. The number of halogens is 1. The van der Waals surface area contributed by atoms with Gasteiger partial charge in [0, 0.05) is 26.3 Å². The number of fused-ring (bicyclic) bond motifs is 1. The van der Waals surface area contributed by atoms with Crippen molar-refractivity contribution in [2.45, 2.75) is 13.1 Å². The minimum absolute atomic E-state index is 0.143. The number of carbonyl (C=O) groups is 1. The lowest BCUT2D eigenvalue weighted by Crippen LogP contribution is -2.38. The van der Waals surface area contributed by atoms with Gasteiger partial charge in [-0.05, 0) is 17.7 Å². The number of rotatable bonds is 7. The van der Waals surface area contributed by atoms with Crippen molar-refractivity contribution in [2.24, 2.45) is 0 Å². The monoisotopic (exact) mass is 369 g/mol. The number of hydrogen-bond donors (Lipinski definition) is 0. The zero-order chi connectivity index (χ0) is 19.2. The minimum Gasteiger partial charge on any atom is -0.383 e.